The fraction of sp³-hybridized carbons (Fsp3) is 1.00. The van der Waals surface area contributed by atoms with Gasteiger partial charge in [0.05, 0.1) is 0 Å². The maximum atomic E-state index is 2.54. The van der Waals surface area contributed by atoms with E-state index >= 15 is 0 Å². The monoisotopic (exact) mass is 183 g/mol. The van der Waals surface area contributed by atoms with Gasteiger partial charge in [-0.15, -0.1) is 0 Å². The van der Waals surface area contributed by atoms with Crippen LogP contribution in [0.1, 0.15) is 52.9 Å². The molecule has 1 aliphatic heterocycles. The van der Waals surface area contributed by atoms with Gasteiger partial charge in [-0.3, -0.25) is 0 Å². The molecule has 1 saturated heterocycles. The normalized spacial score (nSPS) is 25.4. The van der Waals surface area contributed by atoms with Crippen molar-refractivity contribution in [2.75, 3.05) is 13.6 Å². The molecule has 0 spiro atoms. The molecule has 0 radical (unpaired) electrons. The van der Waals surface area contributed by atoms with Crippen LogP contribution < -0.4 is 0 Å². The first-order valence-electron chi connectivity index (χ1n) is 5.75. The van der Waals surface area contributed by atoms with Gasteiger partial charge in [0.1, 0.15) is 0 Å². The highest BCUT2D eigenvalue weighted by molar-refractivity contribution is 4.82. The fourth-order valence-corrected chi connectivity index (χ4v) is 2.65. The van der Waals surface area contributed by atoms with Crippen LogP contribution in [0.3, 0.4) is 0 Å². The lowest BCUT2D eigenvalue weighted by molar-refractivity contribution is 0.198. The van der Waals surface area contributed by atoms with E-state index in [4.69, 9.17) is 0 Å². The van der Waals surface area contributed by atoms with Crippen LogP contribution in [-0.4, -0.2) is 24.5 Å². The first kappa shape index (κ1) is 11.0. The van der Waals surface area contributed by atoms with E-state index in [-0.39, 0.29) is 0 Å². The van der Waals surface area contributed by atoms with E-state index in [0.29, 0.717) is 5.41 Å². The SMILES string of the molecule is CCCC(C)(C)CC1CCCN1C. The van der Waals surface area contributed by atoms with Gasteiger partial charge in [0, 0.05) is 6.04 Å². The van der Waals surface area contributed by atoms with Crippen LogP contribution in [-0.2, 0) is 0 Å². The Morgan fingerprint density at radius 3 is 2.54 bits per heavy atom. The Hall–Kier alpha value is -0.0400. The molecule has 1 unspecified atom stereocenters. The smallest absolute Gasteiger partial charge is 0.00977 e. The molecule has 1 nitrogen and oxygen atoms in total. The molecule has 78 valence electrons. The minimum Gasteiger partial charge on any atom is -0.303 e. The molecule has 0 aromatic heterocycles. The van der Waals surface area contributed by atoms with Crippen molar-refractivity contribution in [2.24, 2.45) is 5.41 Å². The Bertz CT molecular complexity index is 151. The average molecular weight is 183 g/mol. The number of likely N-dealkylation sites (tertiary alicyclic amines) is 1. The maximum Gasteiger partial charge on any atom is 0.00977 e. The number of rotatable bonds is 4. The average Bonchev–Trinajstić information content (AvgIpc) is 2.35. The topological polar surface area (TPSA) is 3.24 Å². The first-order chi connectivity index (χ1) is 6.05. The zero-order chi connectivity index (χ0) is 9.90. The van der Waals surface area contributed by atoms with Gasteiger partial charge in [0.15, 0.2) is 0 Å². The minimum absolute atomic E-state index is 0.554. The summed E-state index contributed by atoms with van der Waals surface area (Å²) < 4.78 is 0. The lowest BCUT2D eigenvalue weighted by Gasteiger charge is -2.30. The molecule has 0 aliphatic carbocycles. The molecule has 1 rings (SSSR count). The molecule has 0 saturated carbocycles. The summed E-state index contributed by atoms with van der Waals surface area (Å²) in [5.74, 6) is 0. The molecule has 0 N–H and O–H groups in total. The van der Waals surface area contributed by atoms with Crippen LogP contribution in [0, 0.1) is 5.41 Å². The van der Waals surface area contributed by atoms with Crippen LogP contribution in [0.15, 0.2) is 0 Å². The van der Waals surface area contributed by atoms with Gasteiger partial charge in [-0.2, -0.15) is 0 Å². The zero-order valence-electron chi connectivity index (χ0n) is 9.77. The Morgan fingerprint density at radius 1 is 1.38 bits per heavy atom. The third-order valence-corrected chi connectivity index (χ3v) is 3.39. The predicted molar refractivity (Wildman–Crippen MR) is 59.0 cm³/mol. The standard InChI is InChI=1S/C12H25N/c1-5-8-12(2,3)10-11-7-6-9-13(11)4/h11H,5-10H2,1-4H3. The summed E-state index contributed by atoms with van der Waals surface area (Å²) >= 11 is 0. The van der Waals surface area contributed by atoms with Crippen molar-refractivity contribution in [1.82, 2.24) is 4.90 Å². The van der Waals surface area contributed by atoms with E-state index in [0.717, 1.165) is 6.04 Å². The van der Waals surface area contributed by atoms with E-state index in [1.54, 1.807) is 0 Å². The predicted octanol–water partition coefficient (Wildman–Crippen LogP) is 3.30. The van der Waals surface area contributed by atoms with E-state index in [1.165, 1.54) is 38.6 Å². The largest absolute Gasteiger partial charge is 0.303 e. The van der Waals surface area contributed by atoms with Gasteiger partial charge < -0.3 is 4.90 Å². The van der Waals surface area contributed by atoms with Crippen molar-refractivity contribution in [2.45, 2.75) is 58.9 Å². The molecule has 0 amide bonds. The highest BCUT2D eigenvalue weighted by atomic mass is 15.1. The molecular formula is C12H25N. The second-order valence-electron chi connectivity index (χ2n) is 5.39. The van der Waals surface area contributed by atoms with Gasteiger partial charge in [-0.1, -0.05) is 27.2 Å². The van der Waals surface area contributed by atoms with Crippen molar-refractivity contribution in [1.29, 1.82) is 0 Å². The summed E-state index contributed by atoms with van der Waals surface area (Å²) in [5.41, 5.74) is 0.554. The third kappa shape index (κ3) is 3.30. The quantitative estimate of drug-likeness (QED) is 0.646. The van der Waals surface area contributed by atoms with Gasteiger partial charge in [-0.25, -0.2) is 0 Å². The second-order valence-corrected chi connectivity index (χ2v) is 5.39. The van der Waals surface area contributed by atoms with Crippen LogP contribution in [0.25, 0.3) is 0 Å². The number of hydrogen-bond acceptors (Lipinski definition) is 1. The Morgan fingerprint density at radius 2 is 2.08 bits per heavy atom. The number of nitrogens with zero attached hydrogens (tertiary/aromatic N) is 1. The van der Waals surface area contributed by atoms with Crippen molar-refractivity contribution in [3.05, 3.63) is 0 Å². The lowest BCUT2D eigenvalue weighted by Crippen LogP contribution is -2.30. The molecule has 1 fully saturated rings. The Labute approximate surface area is 83.5 Å². The van der Waals surface area contributed by atoms with Gasteiger partial charge >= 0.3 is 0 Å². The van der Waals surface area contributed by atoms with Crippen LogP contribution in [0.5, 0.6) is 0 Å². The van der Waals surface area contributed by atoms with E-state index in [2.05, 4.69) is 32.7 Å². The zero-order valence-corrected chi connectivity index (χ0v) is 9.77. The molecule has 0 aromatic carbocycles. The highest BCUT2D eigenvalue weighted by Crippen LogP contribution is 2.32. The summed E-state index contributed by atoms with van der Waals surface area (Å²) in [6.07, 6.45) is 6.91. The summed E-state index contributed by atoms with van der Waals surface area (Å²) in [6.45, 7) is 8.44. The molecule has 1 aliphatic rings. The van der Waals surface area contributed by atoms with Crippen LogP contribution in [0.4, 0.5) is 0 Å². The number of hydrogen-bond donors (Lipinski definition) is 0. The van der Waals surface area contributed by atoms with Crippen LogP contribution >= 0.6 is 0 Å². The van der Waals surface area contributed by atoms with Crippen molar-refractivity contribution in [3.63, 3.8) is 0 Å². The van der Waals surface area contributed by atoms with E-state index in [9.17, 15) is 0 Å². The molecule has 0 aromatic rings. The van der Waals surface area contributed by atoms with E-state index < -0.39 is 0 Å². The molecule has 1 heteroatoms. The molecule has 1 atom stereocenters. The van der Waals surface area contributed by atoms with E-state index in [1.807, 2.05) is 0 Å². The molecule has 1 heterocycles. The van der Waals surface area contributed by atoms with Gasteiger partial charge in [0.2, 0.25) is 0 Å². The van der Waals surface area contributed by atoms with Gasteiger partial charge in [-0.05, 0) is 44.7 Å². The van der Waals surface area contributed by atoms with Crippen LogP contribution in [0.2, 0.25) is 0 Å². The summed E-state index contributed by atoms with van der Waals surface area (Å²) in [7, 11) is 2.28. The molecular weight excluding hydrogens is 158 g/mol. The lowest BCUT2D eigenvalue weighted by atomic mass is 9.81. The van der Waals surface area contributed by atoms with Crippen molar-refractivity contribution >= 4 is 0 Å². The summed E-state index contributed by atoms with van der Waals surface area (Å²) in [5, 5.41) is 0. The van der Waals surface area contributed by atoms with Gasteiger partial charge in [0.25, 0.3) is 0 Å². The Balaban J connectivity index is 2.37. The first-order valence-corrected chi connectivity index (χ1v) is 5.75. The fourth-order valence-electron chi connectivity index (χ4n) is 2.65. The minimum atomic E-state index is 0.554. The Kier molecular flexibility index (Phi) is 3.78. The summed E-state index contributed by atoms with van der Waals surface area (Å²) in [6, 6.07) is 0.863. The highest BCUT2D eigenvalue weighted by Gasteiger charge is 2.27. The van der Waals surface area contributed by atoms with Crippen molar-refractivity contribution in [3.8, 4) is 0 Å². The van der Waals surface area contributed by atoms with Crippen molar-refractivity contribution < 1.29 is 0 Å². The molecule has 0 bridgehead atoms. The molecule has 13 heavy (non-hydrogen) atoms. The summed E-state index contributed by atoms with van der Waals surface area (Å²) in [4.78, 5) is 2.54. The maximum absolute atomic E-state index is 2.54. The third-order valence-electron chi connectivity index (χ3n) is 3.39. The second kappa shape index (κ2) is 4.45.